The smallest absolute Gasteiger partial charge is 0.307 e. The van der Waals surface area contributed by atoms with Gasteiger partial charge >= 0.3 is 5.97 Å². The molecule has 0 bridgehead atoms. The minimum absolute atomic E-state index is 0.234. The Labute approximate surface area is 124 Å². The average Bonchev–Trinajstić information content (AvgIpc) is 2.37. The Morgan fingerprint density at radius 2 is 1.75 bits per heavy atom. The number of aliphatic carboxylic acids is 1. The van der Waals surface area contributed by atoms with E-state index in [1.54, 1.807) is 0 Å². The lowest BCUT2D eigenvalue weighted by Gasteiger charge is -2.31. The molecule has 0 aromatic rings. The maximum Gasteiger partial charge on any atom is 0.307 e. The van der Waals surface area contributed by atoms with Crippen molar-refractivity contribution in [3.63, 3.8) is 0 Å². The molecular weight excluding hydrogens is 250 g/mol. The van der Waals surface area contributed by atoms with Crippen LogP contribution in [0.4, 0.5) is 0 Å². The van der Waals surface area contributed by atoms with Crippen LogP contribution in [0.15, 0.2) is 0 Å². The Kier molecular flexibility index (Phi) is 7.57. The van der Waals surface area contributed by atoms with E-state index in [4.69, 9.17) is 0 Å². The molecule has 1 aliphatic carbocycles. The quantitative estimate of drug-likeness (QED) is 0.712. The number of carboxylic acid groups (broad SMARTS) is 1. The van der Waals surface area contributed by atoms with Gasteiger partial charge in [-0.25, -0.2) is 0 Å². The standard InChI is InChI=1S/C17H33NO2/c1-12(2)9-16(17(19)20)11-18-10-14-5-7-15(8-6-14)13(3)4/h12-16,18H,5-11H2,1-4H3,(H,19,20). The molecule has 0 aromatic heterocycles. The van der Waals surface area contributed by atoms with Gasteiger partial charge in [-0.15, -0.1) is 0 Å². The molecule has 3 heteroatoms. The van der Waals surface area contributed by atoms with Crippen LogP contribution in [0.25, 0.3) is 0 Å². The van der Waals surface area contributed by atoms with Gasteiger partial charge in [0.05, 0.1) is 5.92 Å². The molecule has 3 nitrogen and oxygen atoms in total. The summed E-state index contributed by atoms with van der Waals surface area (Å²) in [4.78, 5) is 11.2. The molecule has 118 valence electrons. The van der Waals surface area contributed by atoms with Gasteiger partial charge in [-0.2, -0.15) is 0 Å². The summed E-state index contributed by atoms with van der Waals surface area (Å²) in [5, 5.41) is 12.6. The molecule has 0 saturated heterocycles. The molecule has 1 aliphatic rings. The van der Waals surface area contributed by atoms with Crippen LogP contribution in [0, 0.1) is 29.6 Å². The third kappa shape index (κ3) is 6.25. The summed E-state index contributed by atoms with van der Waals surface area (Å²) < 4.78 is 0. The molecule has 1 unspecified atom stereocenters. The van der Waals surface area contributed by atoms with E-state index in [0.29, 0.717) is 12.5 Å². The third-order valence-corrected chi connectivity index (χ3v) is 4.76. The number of carbonyl (C=O) groups is 1. The Morgan fingerprint density at radius 3 is 2.20 bits per heavy atom. The number of rotatable bonds is 8. The molecule has 1 fully saturated rings. The summed E-state index contributed by atoms with van der Waals surface area (Å²) in [5.41, 5.74) is 0. The normalized spacial score (nSPS) is 25.1. The lowest BCUT2D eigenvalue weighted by Crippen LogP contribution is -2.34. The molecule has 0 radical (unpaired) electrons. The maximum absolute atomic E-state index is 11.2. The predicted molar refractivity (Wildman–Crippen MR) is 83.7 cm³/mol. The first-order chi connectivity index (χ1) is 9.40. The third-order valence-electron chi connectivity index (χ3n) is 4.76. The first-order valence-electron chi connectivity index (χ1n) is 8.33. The lowest BCUT2D eigenvalue weighted by molar-refractivity contribution is -0.142. The van der Waals surface area contributed by atoms with Crippen LogP contribution in [0.3, 0.4) is 0 Å². The van der Waals surface area contributed by atoms with Crippen molar-refractivity contribution >= 4 is 5.97 Å². The minimum atomic E-state index is -0.658. The van der Waals surface area contributed by atoms with Crippen LogP contribution in [0.5, 0.6) is 0 Å². The molecule has 0 amide bonds. The topological polar surface area (TPSA) is 49.3 Å². The van der Waals surface area contributed by atoms with Crippen LogP contribution in [-0.4, -0.2) is 24.2 Å². The van der Waals surface area contributed by atoms with Crippen molar-refractivity contribution in [3.8, 4) is 0 Å². The highest BCUT2D eigenvalue weighted by Gasteiger charge is 2.24. The molecule has 0 heterocycles. The zero-order valence-corrected chi connectivity index (χ0v) is 13.7. The van der Waals surface area contributed by atoms with E-state index >= 15 is 0 Å². The highest BCUT2D eigenvalue weighted by molar-refractivity contribution is 5.70. The zero-order chi connectivity index (χ0) is 15.1. The van der Waals surface area contributed by atoms with E-state index in [1.807, 2.05) is 0 Å². The summed E-state index contributed by atoms with van der Waals surface area (Å²) in [7, 11) is 0. The molecule has 1 rings (SSSR count). The molecule has 2 N–H and O–H groups in total. The van der Waals surface area contributed by atoms with E-state index < -0.39 is 5.97 Å². The van der Waals surface area contributed by atoms with E-state index in [-0.39, 0.29) is 5.92 Å². The van der Waals surface area contributed by atoms with Gasteiger partial charge in [-0.1, -0.05) is 27.7 Å². The fourth-order valence-corrected chi connectivity index (χ4v) is 3.36. The Hall–Kier alpha value is -0.570. The van der Waals surface area contributed by atoms with Gasteiger partial charge in [-0.05, 0) is 62.3 Å². The predicted octanol–water partition coefficient (Wildman–Crippen LogP) is 3.79. The fourth-order valence-electron chi connectivity index (χ4n) is 3.36. The molecule has 0 aliphatic heterocycles. The monoisotopic (exact) mass is 283 g/mol. The van der Waals surface area contributed by atoms with Crippen LogP contribution in [0.1, 0.15) is 59.8 Å². The summed E-state index contributed by atoms with van der Waals surface area (Å²) in [5.74, 6) is 2.01. The first kappa shape index (κ1) is 17.5. The number of carboxylic acids is 1. The summed E-state index contributed by atoms with van der Waals surface area (Å²) >= 11 is 0. The van der Waals surface area contributed by atoms with E-state index in [1.165, 1.54) is 25.7 Å². The SMILES string of the molecule is CC(C)CC(CNCC1CCC(C(C)C)CC1)C(=O)O. The lowest BCUT2D eigenvalue weighted by atomic mass is 9.77. The van der Waals surface area contributed by atoms with E-state index in [0.717, 1.165) is 30.7 Å². The molecule has 1 atom stereocenters. The van der Waals surface area contributed by atoms with Crippen molar-refractivity contribution in [2.75, 3.05) is 13.1 Å². The Morgan fingerprint density at radius 1 is 1.15 bits per heavy atom. The van der Waals surface area contributed by atoms with Crippen LogP contribution < -0.4 is 5.32 Å². The zero-order valence-electron chi connectivity index (χ0n) is 13.7. The van der Waals surface area contributed by atoms with Crippen LogP contribution in [0.2, 0.25) is 0 Å². The Balaban J connectivity index is 2.22. The fraction of sp³-hybridized carbons (Fsp3) is 0.941. The van der Waals surface area contributed by atoms with Crippen molar-refractivity contribution in [3.05, 3.63) is 0 Å². The maximum atomic E-state index is 11.2. The molecule has 0 aromatic carbocycles. The van der Waals surface area contributed by atoms with Gasteiger partial charge in [0.1, 0.15) is 0 Å². The highest BCUT2D eigenvalue weighted by Crippen LogP contribution is 2.32. The second-order valence-corrected chi connectivity index (χ2v) is 7.35. The molecule has 1 saturated carbocycles. The van der Waals surface area contributed by atoms with Crippen molar-refractivity contribution in [2.24, 2.45) is 29.6 Å². The summed E-state index contributed by atoms with van der Waals surface area (Å²) in [6.45, 7) is 10.4. The van der Waals surface area contributed by atoms with Gasteiger partial charge < -0.3 is 10.4 Å². The summed E-state index contributed by atoms with van der Waals surface area (Å²) in [6.07, 6.45) is 6.06. The highest BCUT2D eigenvalue weighted by atomic mass is 16.4. The van der Waals surface area contributed by atoms with Gasteiger partial charge in [0, 0.05) is 6.54 Å². The first-order valence-corrected chi connectivity index (χ1v) is 8.33. The average molecular weight is 283 g/mol. The number of nitrogens with one attached hydrogen (secondary N) is 1. The summed E-state index contributed by atoms with van der Waals surface area (Å²) in [6, 6.07) is 0. The van der Waals surface area contributed by atoms with Crippen molar-refractivity contribution in [1.82, 2.24) is 5.32 Å². The van der Waals surface area contributed by atoms with Crippen molar-refractivity contribution < 1.29 is 9.90 Å². The van der Waals surface area contributed by atoms with Gasteiger partial charge in [0.15, 0.2) is 0 Å². The van der Waals surface area contributed by atoms with Crippen molar-refractivity contribution in [1.29, 1.82) is 0 Å². The van der Waals surface area contributed by atoms with Gasteiger partial charge in [0.2, 0.25) is 0 Å². The second kappa shape index (κ2) is 8.66. The molecule has 20 heavy (non-hydrogen) atoms. The van der Waals surface area contributed by atoms with Crippen LogP contribution in [-0.2, 0) is 4.79 Å². The van der Waals surface area contributed by atoms with E-state index in [2.05, 4.69) is 33.0 Å². The minimum Gasteiger partial charge on any atom is -0.481 e. The van der Waals surface area contributed by atoms with Gasteiger partial charge in [0.25, 0.3) is 0 Å². The van der Waals surface area contributed by atoms with Crippen molar-refractivity contribution in [2.45, 2.75) is 59.8 Å². The second-order valence-electron chi connectivity index (χ2n) is 7.35. The largest absolute Gasteiger partial charge is 0.481 e. The molecular formula is C17H33NO2. The molecule has 0 spiro atoms. The van der Waals surface area contributed by atoms with E-state index in [9.17, 15) is 9.90 Å². The number of hydrogen-bond donors (Lipinski definition) is 2. The van der Waals surface area contributed by atoms with Crippen LogP contribution >= 0.6 is 0 Å². The van der Waals surface area contributed by atoms with Gasteiger partial charge in [-0.3, -0.25) is 4.79 Å². The Bertz CT molecular complexity index is 281. The number of hydrogen-bond acceptors (Lipinski definition) is 2.